The Balaban J connectivity index is 1.40. The van der Waals surface area contributed by atoms with Gasteiger partial charge in [0.05, 0.1) is 6.61 Å². The Kier molecular flexibility index (Phi) is 6.84. The lowest BCUT2D eigenvalue weighted by Gasteiger charge is -2.31. The van der Waals surface area contributed by atoms with Crippen molar-refractivity contribution in [3.63, 3.8) is 0 Å². The van der Waals surface area contributed by atoms with Crippen LogP contribution in [0.2, 0.25) is 0 Å². The van der Waals surface area contributed by atoms with Gasteiger partial charge in [-0.2, -0.15) is 0 Å². The summed E-state index contributed by atoms with van der Waals surface area (Å²) < 4.78 is 10.9. The van der Waals surface area contributed by atoms with Gasteiger partial charge in [-0.05, 0) is 31.2 Å². The van der Waals surface area contributed by atoms with Crippen LogP contribution in [0.3, 0.4) is 0 Å². The zero-order valence-corrected chi connectivity index (χ0v) is 15.6. The lowest BCUT2D eigenvalue weighted by atomic mass is 9.97. The first-order valence-corrected chi connectivity index (χ1v) is 9.39. The van der Waals surface area contributed by atoms with E-state index in [0.717, 1.165) is 24.9 Å². The van der Waals surface area contributed by atoms with Gasteiger partial charge >= 0.3 is 6.09 Å². The number of carbonyl (C=O) groups is 1. The van der Waals surface area contributed by atoms with Gasteiger partial charge in [0.2, 0.25) is 0 Å². The molecule has 1 saturated heterocycles. The third-order valence-corrected chi connectivity index (χ3v) is 4.58. The topological polar surface area (TPSA) is 76.6 Å². The van der Waals surface area contributed by atoms with Gasteiger partial charge in [0.15, 0.2) is 5.82 Å². The molecule has 27 heavy (non-hydrogen) atoms. The molecular weight excluding hydrogens is 344 g/mol. The minimum Gasteiger partial charge on any atom is -0.475 e. The molecule has 1 aromatic carbocycles. The van der Waals surface area contributed by atoms with Crippen LogP contribution in [0.25, 0.3) is 0 Å². The van der Waals surface area contributed by atoms with E-state index in [2.05, 4.69) is 15.3 Å². The van der Waals surface area contributed by atoms with E-state index in [1.165, 1.54) is 0 Å². The van der Waals surface area contributed by atoms with Crippen molar-refractivity contribution in [3.8, 4) is 5.88 Å². The molecule has 1 aliphatic heterocycles. The van der Waals surface area contributed by atoms with Gasteiger partial charge < -0.3 is 19.7 Å². The molecule has 0 radical (unpaired) electrons. The molecule has 7 heteroatoms. The highest BCUT2D eigenvalue weighted by molar-refractivity contribution is 5.67. The first-order chi connectivity index (χ1) is 13.3. The zero-order valence-electron chi connectivity index (χ0n) is 15.6. The number of nitrogens with zero attached hydrogens (tertiary/aromatic N) is 3. The number of anilines is 1. The van der Waals surface area contributed by atoms with E-state index >= 15 is 0 Å². The maximum absolute atomic E-state index is 12.2. The van der Waals surface area contributed by atoms with Crippen LogP contribution in [0.4, 0.5) is 10.6 Å². The Morgan fingerprint density at radius 3 is 2.67 bits per heavy atom. The van der Waals surface area contributed by atoms with Crippen LogP contribution >= 0.6 is 0 Å². The van der Waals surface area contributed by atoms with Gasteiger partial charge in [-0.15, -0.1) is 0 Å². The second-order valence-electron chi connectivity index (χ2n) is 6.49. The molecule has 1 aromatic heterocycles. The summed E-state index contributed by atoms with van der Waals surface area (Å²) in [4.78, 5) is 22.5. The van der Waals surface area contributed by atoms with Crippen LogP contribution in [0.5, 0.6) is 5.88 Å². The average Bonchev–Trinajstić information content (AvgIpc) is 2.73. The standard InChI is InChI=1S/C20H26N4O3/c1-2-26-19-18(21-10-11-22-19)23-14-16-8-12-24(13-9-16)20(25)27-15-17-6-4-3-5-7-17/h3-7,10-11,16H,2,8-9,12-15H2,1H3,(H,21,23). The molecule has 7 nitrogen and oxygen atoms in total. The van der Waals surface area contributed by atoms with E-state index in [4.69, 9.17) is 9.47 Å². The van der Waals surface area contributed by atoms with Gasteiger partial charge in [-0.25, -0.2) is 14.8 Å². The van der Waals surface area contributed by atoms with Crippen LogP contribution in [0, 0.1) is 5.92 Å². The summed E-state index contributed by atoms with van der Waals surface area (Å²) >= 11 is 0. The summed E-state index contributed by atoms with van der Waals surface area (Å²) in [7, 11) is 0. The molecule has 144 valence electrons. The highest BCUT2D eigenvalue weighted by Gasteiger charge is 2.24. The van der Waals surface area contributed by atoms with E-state index in [1.54, 1.807) is 17.3 Å². The van der Waals surface area contributed by atoms with Crippen molar-refractivity contribution < 1.29 is 14.3 Å². The summed E-state index contributed by atoms with van der Waals surface area (Å²) in [5.74, 6) is 1.67. The molecular formula is C20H26N4O3. The first kappa shape index (κ1) is 18.9. The smallest absolute Gasteiger partial charge is 0.410 e. The SMILES string of the molecule is CCOc1nccnc1NCC1CCN(C(=O)OCc2ccccc2)CC1. The fourth-order valence-electron chi connectivity index (χ4n) is 3.06. The molecule has 0 atom stereocenters. The number of nitrogens with one attached hydrogen (secondary N) is 1. The maximum Gasteiger partial charge on any atom is 0.410 e. The van der Waals surface area contributed by atoms with E-state index in [0.29, 0.717) is 43.9 Å². The Hall–Kier alpha value is -2.83. The highest BCUT2D eigenvalue weighted by atomic mass is 16.6. The van der Waals surface area contributed by atoms with Crippen molar-refractivity contribution in [1.29, 1.82) is 0 Å². The number of benzene rings is 1. The number of likely N-dealkylation sites (tertiary alicyclic amines) is 1. The van der Waals surface area contributed by atoms with Gasteiger partial charge in [-0.1, -0.05) is 30.3 Å². The molecule has 0 spiro atoms. The van der Waals surface area contributed by atoms with E-state index in [9.17, 15) is 4.79 Å². The third kappa shape index (κ3) is 5.57. The number of hydrogen-bond donors (Lipinski definition) is 1. The van der Waals surface area contributed by atoms with Crippen LogP contribution < -0.4 is 10.1 Å². The van der Waals surface area contributed by atoms with Gasteiger partial charge in [0.1, 0.15) is 6.61 Å². The Labute approximate surface area is 159 Å². The first-order valence-electron chi connectivity index (χ1n) is 9.39. The normalized spacial score (nSPS) is 14.6. The zero-order chi connectivity index (χ0) is 18.9. The summed E-state index contributed by atoms with van der Waals surface area (Å²) in [6.07, 6.45) is 4.89. The number of rotatable bonds is 7. The van der Waals surface area contributed by atoms with Crippen molar-refractivity contribution in [2.24, 2.45) is 5.92 Å². The lowest BCUT2D eigenvalue weighted by Crippen LogP contribution is -2.40. The van der Waals surface area contributed by atoms with Crippen molar-refractivity contribution in [2.45, 2.75) is 26.4 Å². The van der Waals surface area contributed by atoms with Crippen LogP contribution in [-0.4, -0.2) is 47.2 Å². The van der Waals surface area contributed by atoms with Gasteiger partial charge in [0, 0.05) is 32.0 Å². The molecule has 3 rings (SSSR count). The maximum atomic E-state index is 12.2. The molecule has 1 fully saturated rings. The van der Waals surface area contributed by atoms with Crippen molar-refractivity contribution in [2.75, 3.05) is 31.6 Å². The summed E-state index contributed by atoms with van der Waals surface area (Å²) in [5.41, 5.74) is 0.999. The van der Waals surface area contributed by atoms with Gasteiger partial charge in [0.25, 0.3) is 5.88 Å². The van der Waals surface area contributed by atoms with Crippen molar-refractivity contribution >= 4 is 11.9 Å². The predicted octanol–water partition coefficient (Wildman–Crippen LogP) is 3.34. The monoisotopic (exact) mass is 370 g/mol. The molecule has 1 amide bonds. The number of aromatic nitrogens is 2. The number of amides is 1. The van der Waals surface area contributed by atoms with Crippen molar-refractivity contribution in [3.05, 3.63) is 48.3 Å². The van der Waals surface area contributed by atoms with Crippen LogP contribution in [0.15, 0.2) is 42.7 Å². The summed E-state index contributed by atoms with van der Waals surface area (Å²) in [6, 6.07) is 9.73. The fourth-order valence-corrected chi connectivity index (χ4v) is 3.06. The quantitative estimate of drug-likeness (QED) is 0.806. The molecule has 0 bridgehead atoms. The average molecular weight is 370 g/mol. The fraction of sp³-hybridized carbons (Fsp3) is 0.450. The van der Waals surface area contributed by atoms with Crippen molar-refractivity contribution in [1.82, 2.24) is 14.9 Å². The molecule has 0 unspecified atom stereocenters. The second kappa shape index (κ2) is 9.75. The van der Waals surface area contributed by atoms with E-state index < -0.39 is 0 Å². The van der Waals surface area contributed by atoms with E-state index in [-0.39, 0.29) is 6.09 Å². The summed E-state index contributed by atoms with van der Waals surface area (Å²) in [6.45, 7) is 4.99. The Morgan fingerprint density at radius 2 is 1.93 bits per heavy atom. The second-order valence-corrected chi connectivity index (χ2v) is 6.49. The van der Waals surface area contributed by atoms with Crippen LogP contribution in [-0.2, 0) is 11.3 Å². The Morgan fingerprint density at radius 1 is 1.19 bits per heavy atom. The predicted molar refractivity (Wildman–Crippen MR) is 103 cm³/mol. The van der Waals surface area contributed by atoms with Crippen LogP contribution in [0.1, 0.15) is 25.3 Å². The number of piperidine rings is 1. The molecule has 0 aliphatic carbocycles. The number of ether oxygens (including phenoxy) is 2. The minimum absolute atomic E-state index is 0.238. The summed E-state index contributed by atoms with van der Waals surface area (Å²) in [5, 5.41) is 3.33. The number of carbonyl (C=O) groups excluding carboxylic acids is 1. The molecule has 0 saturated carbocycles. The molecule has 1 aliphatic rings. The minimum atomic E-state index is -0.238. The number of hydrogen-bond acceptors (Lipinski definition) is 6. The third-order valence-electron chi connectivity index (χ3n) is 4.58. The lowest BCUT2D eigenvalue weighted by molar-refractivity contribution is 0.0832. The van der Waals surface area contributed by atoms with Gasteiger partial charge in [-0.3, -0.25) is 0 Å². The Bertz CT molecular complexity index is 718. The van der Waals surface area contributed by atoms with E-state index in [1.807, 2.05) is 37.3 Å². The highest BCUT2D eigenvalue weighted by Crippen LogP contribution is 2.22. The largest absolute Gasteiger partial charge is 0.475 e. The molecule has 2 heterocycles. The molecule has 1 N–H and O–H groups in total. The molecule has 2 aromatic rings.